The van der Waals surface area contributed by atoms with Crippen LogP contribution in [0.2, 0.25) is 0 Å². The van der Waals surface area contributed by atoms with Crippen LogP contribution in [0.25, 0.3) is 0 Å². The number of nitrogens with one attached hydrogen (secondary N) is 2. The first-order valence-electron chi connectivity index (χ1n) is 6.35. The first-order valence-corrected chi connectivity index (χ1v) is 6.35. The van der Waals surface area contributed by atoms with Crippen LogP contribution >= 0.6 is 0 Å². The van der Waals surface area contributed by atoms with E-state index in [0.717, 1.165) is 11.3 Å². The smallest absolute Gasteiger partial charge is 0.236 e. The molecule has 0 saturated heterocycles. The minimum Gasteiger partial charge on any atom is -0.398 e. The summed E-state index contributed by atoms with van der Waals surface area (Å²) in [5.74, 6) is 0.490. The van der Waals surface area contributed by atoms with Crippen LogP contribution in [0.15, 0.2) is 24.3 Å². The minimum atomic E-state index is -0.219. The molecule has 0 aromatic heterocycles. The van der Waals surface area contributed by atoms with E-state index in [1.807, 2.05) is 31.2 Å². The van der Waals surface area contributed by atoms with E-state index in [1.54, 1.807) is 0 Å². The average Bonchev–Trinajstić information content (AvgIpc) is 2.34. The van der Waals surface area contributed by atoms with E-state index in [1.165, 1.54) is 0 Å². The lowest BCUT2D eigenvalue weighted by atomic mass is 10.1. The first kappa shape index (κ1) is 14.5. The van der Waals surface area contributed by atoms with Gasteiger partial charge in [0.25, 0.3) is 0 Å². The molecule has 18 heavy (non-hydrogen) atoms. The molecular weight excluding hydrogens is 226 g/mol. The fraction of sp³-hybridized carbons (Fsp3) is 0.500. The maximum absolute atomic E-state index is 11.7. The number of amides is 1. The molecule has 0 aliphatic carbocycles. The van der Waals surface area contributed by atoms with Gasteiger partial charge in [-0.1, -0.05) is 32.0 Å². The van der Waals surface area contributed by atoms with Crippen LogP contribution in [0.3, 0.4) is 0 Å². The van der Waals surface area contributed by atoms with Gasteiger partial charge in [-0.15, -0.1) is 0 Å². The zero-order valence-electron chi connectivity index (χ0n) is 11.4. The van der Waals surface area contributed by atoms with Crippen LogP contribution in [0.5, 0.6) is 0 Å². The molecule has 1 aromatic carbocycles. The molecule has 1 rings (SSSR count). The van der Waals surface area contributed by atoms with E-state index in [-0.39, 0.29) is 11.9 Å². The quantitative estimate of drug-likeness (QED) is 0.670. The number of nitrogen functional groups attached to an aromatic ring is 1. The third-order valence-electron chi connectivity index (χ3n) is 2.73. The SMILES string of the molecule is CC(C)CNC(=O)C(C)NCc1ccccc1N. The van der Waals surface area contributed by atoms with Crippen LogP contribution in [0.4, 0.5) is 5.69 Å². The number of hydrogen-bond acceptors (Lipinski definition) is 3. The largest absolute Gasteiger partial charge is 0.398 e. The molecule has 0 fully saturated rings. The molecule has 0 spiro atoms. The van der Waals surface area contributed by atoms with Crippen molar-refractivity contribution in [3.63, 3.8) is 0 Å². The Morgan fingerprint density at radius 3 is 2.56 bits per heavy atom. The highest BCUT2D eigenvalue weighted by molar-refractivity contribution is 5.81. The van der Waals surface area contributed by atoms with Gasteiger partial charge in [-0.05, 0) is 24.5 Å². The van der Waals surface area contributed by atoms with Gasteiger partial charge in [0.15, 0.2) is 0 Å². The molecule has 1 aromatic rings. The third kappa shape index (κ3) is 4.75. The molecule has 0 heterocycles. The number of anilines is 1. The fourth-order valence-electron chi connectivity index (χ4n) is 1.51. The van der Waals surface area contributed by atoms with Gasteiger partial charge in [-0.2, -0.15) is 0 Å². The zero-order chi connectivity index (χ0) is 13.5. The van der Waals surface area contributed by atoms with Gasteiger partial charge < -0.3 is 16.4 Å². The molecule has 0 bridgehead atoms. The third-order valence-corrected chi connectivity index (χ3v) is 2.73. The van der Waals surface area contributed by atoms with E-state index in [4.69, 9.17) is 5.73 Å². The summed E-state index contributed by atoms with van der Waals surface area (Å²) in [6, 6.07) is 7.44. The zero-order valence-corrected chi connectivity index (χ0v) is 11.4. The Bertz CT molecular complexity index is 390. The molecule has 1 atom stereocenters. The van der Waals surface area contributed by atoms with Crippen LogP contribution in [0.1, 0.15) is 26.3 Å². The molecule has 0 radical (unpaired) electrons. The molecular formula is C14H23N3O. The number of para-hydroxylation sites is 1. The van der Waals surface area contributed by atoms with Crippen LogP contribution in [0, 0.1) is 5.92 Å². The van der Waals surface area contributed by atoms with Crippen molar-refractivity contribution in [1.82, 2.24) is 10.6 Å². The molecule has 1 unspecified atom stereocenters. The summed E-state index contributed by atoms with van der Waals surface area (Å²) in [4.78, 5) is 11.7. The van der Waals surface area contributed by atoms with E-state index < -0.39 is 0 Å². The number of rotatable bonds is 6. The van der Waals surface area contributed by atoms with Crippen molar-refractivity contribution in [2.45, 2.75) is 33.4 Å². The first-order chi connectivity index (χ1) is 8.50. The molecule has 1 amide bonds. The van der Waals surface area contributed by atoms with Gasteiger partial charge in [0, 0.05) is 18.8 Å². The Kier molecular flexibility index (Phi) is 5.65. The molecule has 4 N–H and O–H groups in total. The Labute approximate surface area is 109 Å². The summed E-state index contributed by atoms with van der Waals surface area (Å²) in [6.07, 6.45) is 0. The van der Waals surface area contributed by atoms with E-state index in [9.17, 15) is 4.79 Å². The highest BCUT2D eigenvalue weighted by Gasteiger charge is 2.12. The Morgan fingerprint density at radius 2 is 1.94 bits per heavy atom. The topological polar surface area (TPSA) is 67.2 Å². The van der Waals surface area contributed by atoms with Crippen LogP contribution in [-0.2, 0) is 11.3 Å². The summed E-state index contributed by atoms with van der Waals surface area (Å²) in [5.41, 5.74) is 7.61. The maximum atomic E-state index is 11.7. The van der Waals surface area contributed by atoms with Crippen molar-refractivity contribution < 1.29 is 4.79 Å². The maximum Gasteiger partial charge on any atom is 0.236 e. The molecule has 4 heteroatoms. The second kappa shape index (κ2) is 7.01. The molecule has 0 aliphatic rings. The number of carbonyl (C=O) groups excluding carboxylic acids is 1. The van der Waals surface area contributed by atoms with E-state index in [0.29, 0.717) is 19.0 Å². The standard InChI is InChI=1S/C14H23N3O/c1-10(2)8-17-14(18)11(3)16-9-12-6-4-5-7-13(12)15/h4-7,10-11,16H,8-9,15H2,1-3H3,(H,17,18). The van der Waals surface area contributed by atoms with Crippen molar-refractivity contribution in [3.8, 4) is 0 Å². The molecule has 100 valence electrons. The van der Waals surface area contributed by atoms with Crippen molar-refractivity contribution in [2.24, 2.45) is 5.92 Å². The van der Waals surface area contributed by atoms with E-state index in [2.05, 4.69) is 24.5 Å². The number of benzene rings is 1. The van der Waals surface area contributed by atoms with Crippen molar-refractivity contribution in [3.05, 3.63) is 29.8 Å². The van der Waals surface area contributed by atoms with Crippen LogP contribution in [-0.4, -0.2) is 18.5 Å². The van der Waals surface area contributed by atoms with Gasteiger partial charge in [0.2, 0.25) is 5.91 Å². The predicted molar refractivity (Wildman–Crippen MR) is 75.0 cm³/mol. The number of nitrogens with two attached hydrogens (primary N) is 1. The van der Waals surface area contributed by atoms with E-state index >= 15 is 0 Å². The highest BCUT2D eigenvalue weighted by Crippen LogP contribution is 2.09. The van der Waals surface area contributed by atoms with Gasteiger partial charge in [0.05, 0.1) is 6.04 Å². The number of carbonyl (C=O) groups is 1. The summed E-state index contributed by atoms with van der Waals surface area (Å²) in [6.45, 7) is 7.31. The Balaban J connectivity index is 2.39. The lowest BCUT2D eigenvalue weighted by molar-refractivity contribution is -0.122. The minimum absolute atomic E-state index is 0.0261. The summed E-state index contributed by atoms with van der Waals surface area (Å²) in [5, 5.41) is 6.07. The van der Waals surface area contributed by atoms with Gasteiger partial charge >= 0.3 is 0 Å². The molecule has 4 nitrogen and oxygen atoms in total. The predicted octanol–water partition coefficient (Wildman–Crippen LogP) is 1.52. The lowest BCUT2D eigenvalue weighted by Crippen LogP contribution is -2.43. The Hall–Kier alpha value is -1.55. The summed E-state index contributed by atoms with van der Waals surface area (Å²) >= 11 is 0. The average molecular weight is 249 g/mol. The van der Waals surface area contributed by atoms with Crippen molar-refractivity contribution in [2.75, 3.05) is 12.3 Å². The number of hydrogen-bond donors (Lipinski definition) is 3. The van der Waals surface area contributed by atoms with Crippen molar-refractivity contribution in [1.29, 1.82) is 0 Å². The monoisotopic (exact) mass is 249 g/mol. The van der Waals surface area contributed by atoms with Gasteiger partial charge in [-0.25, -0.2) is 0 Å². The molecule has 0 aliphatic heterocycles. The summed E-state index contributed by atoms with van der Waals surface area (Å²) < 4.78 is 0. The molecule has 0 saturated carbocycles. The van der Waals surface area contributed by atoms with Gasteiger partial charge in [0.1, 0.15) is 0 Å². The van der Waals surface area contributed by atoms with Crippen molar-refractivity contribution >= 4 is 11.6 Å². The lowest BCUT2D eigenvalue weighted by Gasteiger charge is -2.15. The normalized spacial score (nSPS) is 12.4. The second-order valence-corrected chi connectivity index (χ2v) is 4.94. The van der Waals surface area contributed by atoms with Crippen LogP contribution < -0.4 is 16.4 Å². The highest BCUT2D eigenvalue weighted by atomic mass is 16.2. The summed E-state index contributed by atoms with van der Waals surface area (Å²) in [7, 11) is 0. The van der Waals surface area contributed by atoms with Gasteiger partial charge in [-0.3, -0.25) is 4.79 Å². The fourth-order valence-corrected chi connectivity index (χ4v) is 1.51. The second-order valence-electron chi connectivity index (χ2n) is 4.94. The Morgan fingerprint density at radius 1 is 1.28 bits per heavy atom.